The lowest BCUT2D eigenvalue weighted by Gasteiger charge is -2.47. The van der Waals surface area contributed by atoms with Crippen molar-refractivity contribution >= 4 is 0 Å². The Hall–Kier alpha value is -0.160. The number of ether oxygens (including phenoxy) is 1. The summed E-state index contributed by atoms with van der Waals surface area (Å²) in [6.45, 7) is 16.8. The van der Waals surface area contributed by atoms with Crippen LogP contribution in [0.25, 0.3) is 0 Å². The number of hydrogen-bond donors (Lipinski definition) is 1. The SMILES string of the molecule is CC(C)NCC1(CN2CCN(C)C(C)(C)C2)CCOC1. The molecule has 4 heteroatoms. The van der Waals surface area contributed by atoms with Crippen molar-refractivity contribution < 1.29 is 4.74 Å². The molecule has 0 spiro atoms. The number of nitrogens with zero attached hydrogens (tertiary/aromatic N) is 2. The van der Waals surface area contributed by atoms with Crippen LogP contribution in [-0.2, 0) is 4.74 Å². The Kier molecular flexibility index (Phi) is 5.11. The summed E-state index contributed by atoms with van der Waals surface area (Å²) in [7, 11) is 2.24. The van der Waals surface area contributed by atoms with E-state index in [-0.39, 0.29) is 5.54 Å². The molecule has 2 heterocycles. The second kappa shape index (κ2) is 6.30. The topological polar surface area (TPSA) is 27.7 Å². The molecule has 1 N–H and O–H groups in total. The molecule has 0 aliphatic carbocycles. The van der Waals surface area contributed by atoms with E-state index < -0.39 is 0 Å². The first-order valence-electron chi connectivity index (χ1n) is 8.08. The molecule has 4 nitrogen and oxygen atoms in total. The number of nitrogens with one attached hydrogen (secondary N) is 1. The largest absolute Gasteiger partial charge is 0.381 e. The average Bonchev–Trinajstić information content (AvgIpc) is 2.80. The van der Waals surface area contributed by atoms with Gasteiger partial charge in [0.2, 0.25) is 0 Å². The first-order chi connectivity index (χ1) is 9.33. The standard InChI is InChI=1S/C16H33N3O/c1-14(2)17-10-16(6-9-20-13-16)12-19-8-7-18(5)15(3,4)11-19/h14,17H,6-13H2,1-5H3. The molecule has 2 saturated heterocycles. The molecule has 20 heavy (non-hydrogen) atoms. The van der Waals surface area contributed by atoms with Crippen molar-refractivity contribution in [1.82, 2.24) is 15.1 Å². The predicted molar refractivity (Wildman–Crippen MR) is 84.2 cm³/mol. The van der Waals surface area contributed by atoms with E-state index in [0.29, 0.717) is 11.5 Å². The van der Waals surface area contributed by atoms with Gasteiger partial charge >= 0.3 is 0 Å². The van der Waals surface area contributed by atoms with E-state index >= 15 is 0 Å². The Balaban J connectivity index is 1.95. The Morgan fingerprint density at radius 1 is 1.25 bits per heavy atom. The van der Waals surface area contributed by atoms with Crippen molar-refractivity contribution in [2.45, 2.75) is 45.7 Å². The number of rotatable bonds is 5. The molecule has 0 aromatic rings. The van der Waals surface area contributed by atoms with Gasteiger partial charge in [0.25, 0.3) is 0 Å². The lowest BCUT2D eigenvalue weighted by atomic mass is 9.85. The van der Waals surface area contributed by atoms with Crippen LogP contribution in [-0.4, -0.2) is 74.4 Å². The van der Waals surface area contributed by atoms with Gasteiger partial charge in [0.05, 0.1) is 6.61 Å². The fourth-order valence-electron chi connectivity index (χ4n) is 3.34. The second-order valence-corrected chi connectivity index (χ2v) is 7.78. The number of piperazine rings is 1. The molecule has 2 aliphatic rings. The highest BCUT2D eigenvalue weighted by atomic mass is 16.5. The molecule has 1 unspecified atom stereocenters. The normalized spacial score (nSPS) is 32.1. The summed E-state index contributed by atoms with van der Waals surface area (Å²) in [6.07, 6.45) is 1.19. The van der Waals surface area contributed by atoms with E-state index in [0.717, 1.165) is 26.3 Å². The summed E-state index contributed by atoms with van der Waals surface area (Å²) in [5, 5.41) is 3.63. The van der Waals surface area contributed by atoms with Crippen LogP contribution < -0.4 is 5.32 Å². The Labute approximate surface area is 124 Å². The summed E-state index contributed by atoms with van der Waals surface area (Å²) in [5.41, 5.74) is 0.598. The van der Waals surface area contributed by atoms with Gasteiger partial charge in [-0.25, -0.2) is 0 Å². The molecular formula is C16H33N3O. The highest BCUT2D eigenvalue weighted by Crippen LogP contribution is 2.31. The molecular weight excluding hydrogens is 250 g/mol. The maximum absolute atomic E-state index is 5.73. The van der Waals surface area contributed by atoms with Gasteiger partial charge in [-0.1, -0.05) is 13.8 Å². The molecule has 0 saturated carbocycles. The van der Waals surface area contributed by atoms with Gasteiger partial charge in [0, 0.05) is 56.3 Å². The van der Waals surface area contributed by atoms with E-state index in [4.69, 9.17) is 4.74 Å². The predicted octanol–water partition coefficient (Wildman–Crippen LogP) is 1.42. The summed E-state index contributed by atoms with van der Waals surface area (Å²) >= 11 is 0. The van der Waals surface area contributed by atoms with Gasteiger partial charge < -0.3 is 10.1 Å². The van der Waals surface area contributed by atoms with Crippen LogP contribution in [0.15, 0.2) is 0 Å². The van der Waals surface area contributed by atoms with Gasteiger partial charge in [-0.15, -0.1) is 0 Å². The quantitative estimate of drug-likeness (QED) is 0.826. The number of likely N-dealkylation sites (N-methyl/N-ethyl adjacent to an activating group) is 1. The number of hydrogen-bond acceptors (Lipinski definition) is 4. The zero-order chi connectivity index (χ0) is 14.8. The van der Waals surface area contributed by atoms with Gasteiger partial charge in [-0.2, -0.15) is 0 Å². The Morgan fingerprint density at radius 2 is 2.00 bits per heavy atom. The van der Waals surface area contributed by atoms with E-state index in [1.165, 1.54) is 26.1 Å². The lowest BCUT2D eigenvalue weighted by molar-refractivity contribution is 0.0124. The Morgan fingerprint density at radius 3 is 2.55 bits per heavy atom. The van der Waals surface area contributed by atoms with Gasteiger partial charge in [0.1, 0.15) is 0 Å². The minimum Gasteiger partial charge on any atom is -0.381 e. The zero-order valence-electron chi connectivity index (χ0n) is 14.0. The van der Waals surface area contributed by atoms with Gasteiger partial charge in [-0.3, -0.25) is 9.80 Å². The summed E-state index contributed by atoms with van der Waals surface area (Å²) < 4.78 is 5.73. The molecule has 118 valence electrons. The van der Waals surface area contributed by atoms with Gasteiger partial charge in [-0.05, 0) is 27.3 Å². The third kappa shape index (κ3) is 3.94. The first-order valence-corrected chi connectivity index (χ1v) is 8.08. The van der Waals surface area contributed by atoms with Crippen LogP contribution in [0.5, 0.6) is 0 Å². The summed E-state index contributed by atoms with van der Waals surface area (Å²) in [4.78, 5) is 5.13. The molecule has 0 aromatic heterocycles. The maximum Gasteiger partial charge on any atom is 0.0547 e. The van der Waals surface area contributed by atoms with Crippen LogP contribution in [0, 0.1) is 5.41 Å². The highest BCUT2D eigenvalue weighted by Gasteiger charge is 2.39. The average molecular weight is 283 g/mol. The van der Waals surface area contributed by atoms with Crippen molar-refractivity contribution in [1.29, 1.82) is 0 Å². The van der Waals surface area contributed by atoms with E-state index in [9.17, 15) is 0 Å². The first kappa shape index (κ1) is 16.2. The van der Waals surface area contributed by atoms with Crippen LogP contribution in [0.1, 0.15) is 34.1 Å². The van der Waals surface area contributed by atoms with Crippen LogP contribution in [0.4, 0.5) is 0 Å². The van der Waals surface area contributed by atoms with E-state index in [2.05, 4.69) is 49.9 Å². The molecule has 0 amide bonds. The minimum atomic E-state index is 0.282. The van der Waals surface area contributed by atoms with Crippen molar-refractivity contribution in [2.75, 3.05) is 53.0 Å². The lowest BCUT2D eigenvalue weighted by Crippen LogP contribution is -2.60. The van der Waals surface area contributed by atoms with Crippen LogP contribution >= 0.6 is 0 Å². The molecule has 2 fully saturated rings. The summed E-state index contributed by atoms with van der Waals surface area (Å²) in [5.74, 6) is 0. The molecule has 0 radical (unpaired) electrons. The highest BCUT2D eigenvalue weighted by molar-refractivity contribution is 4.94. The van der Waals surface area contributed by atoms with E-state index in [1.807, 2.05) is 0 Å². The van der Waals surface area contributed by atoms with Crippen molar-refractivity contribution in [2.24, 2.45) is 5.41 Å². The molecule has 2 rings (SSSR count). The molecule has 2 aliphatic heterocycles. The zero-order valence-corrected chi connectivity index (χ0v) is 14.0. The monoisotopic (exact) mass is 283 g/mol. The third-order valence-corrected chi connectivity index (χ3v) is 5.02. The van der Waals surface area contributed by atoms with Crippen molar-refractivity contribution in [3.8, 4) is 0 Å². The summed E-state index contributed by atoms with van der Waals surface area (Å²) in [6, 6.07) is 0.552. The molecule has 0 bridgehead atoms. The third-order valence-electron chi connectivity index (χ3n) is 5.02. The molecule has 0 aromatic carbocycles. The van der Waals surface area contributed by atoms with E-state index in [1.54, 1.807) is 0 Å². The molecule has 1 atom stereocenters. The van der Waals surface area contributed by atoms with Crippen LogP contribution in [0.2, 0.25) is 0 Å². The van der Waals surface area contributed by atoms with Crippen LogP contribution in [0.3, 0.4) is 0 Å². The van der Waals surface area contributed by atoms with Crippen molar-refractivity contribution in [3.63, 3.8) is 0 Å². The van der Waals surface area contributed by atoms with Crippen molar-refractivity contribution in [3.05, 3.63) is 0 Å². The van der Waals surface area contributed by atoms with Gasteiger partial charge in [0.15, 0.2) is 0 Å². The maximum atomic E-state index is 5.73. The smallest absolute Gasteiger partial charge is 0.0547 e. The second-order valence-electron chi connectivity index (χ2n) is 7.78. The fraction of sp³-hybridized carbons (Fsp3) is 1.00. The minimum absolute atomic E-state index is 0.282. The Bertz CT molecular complexity index is 311. The fourth-order valence-corrected chi connectivity index (χ4v) is 3.34.